The van der Waals surface area contributed by atoms with E-state index >= 15 is 0 Å². The van der Waals surface area contributed by atoms with E-state index in [0.29, 0.717) is 5.82 Å². The first kappa shape index (κ1) is 16.8. The summed E-state index contributed by atoms with van der Waals surface area (Å²) in [7, 11) is 2.28. The number of rotatable bonds is 6. The zero-order valence-corrected chi connectivity index (χ0v) is 12.7. The summed E-state index contributed by atoms with van der Waals surface area (Å²) in [5.41, 5.74) is 3.85. The van der Waals surface area contributed by atoms with E-state index in [1.807, 2.05) is 13.0 Å². The highest BCUT2D eigenvalue weighted by Crippen LogP contribution is 2.16. The second-order valence-corrected chi connectivity index (χ2v) is 4.66. The van der Waals surface area contributed by atoms with Crippen molar-refractivity contribution in [3.63, 3.8) is 0 Å². The van der Waals surface area contributed by atoms with Gasteiger partial charge in [-0.15, -0.1) is 0 Å². The molecule has 0 aliphatic heterocycles. The monoisotopic (exact) mass is 241 g/mol. The third-order valence-electron chi connectivity index (χ3n) is 2.65. The zero-order valence-electron chi connectivity index (χ0n) is 12.7. The first-order valence-corrected chi connectivity index (χ1v) is 6.70. The molecule has 97 valence electrons. The Balaban J connectivity index is 5.17. The summed E-state index contributed by atoms with van der Waals surface area (Å²) in [6.07, 6.45) is 14.9. The fraction of sp³-hybridized carbons (Fsp3) is 0.412. The fourth-order valence-corrected chi connectivity index (χ4v) is 1.52. The Morgan fingerprint density at radius 2 is 1.67 bits per heavy atom. The highest BCUT2D eigenvalue weighted by molar-refractivity contribution is 6.48. The molecule has 0 saturated heterocycles. The van der Waals surface area contributed by atoms with Gasteiger partial charge >= 0.3 is 0 Å². The summed E-state index contributed by atoms with van der Waals surface area (Å²) in [5, 5.41) is 0. The normalized spacial score (nSPS) is 15.2. The van der Waals surface area contributed by atoms with E-state index < -0.39 is 0 Å². The van der Waals surface area contributed by atoms with Gasteiger partial charge in [0, 0.05) is 0 Å². The van der Waals surface area contributed by atoms with E-state index in [2.05, 4.69) is 78.4 Å². The second kappa shape index (κ2) is 9.76. The van der Waals surface area contributed by atoms with Crippen molar-refractivity contribution in [3.8, 4) is 0 Å². The number of allylic oxidation sites excluding steroid dienone is 10. The minimum Gasteiger partial charge on any atom is -0.0939 e. The lowest BCUT2D eigenvalue weighted by atomic mass is 9.59. The van der Waals surface area contributed by atoms with Crippen LogP contribution in [0, 0.1) is 0 Å². The van der Waals surface area contributed by atoms with E-state index in [0.717, 1.165) is 0 Å². The van der Waals surface area contributed by atoms with E-state index in [1.54, 1.807) is 0 Å². The largest absolute Gasteiger partial charge is 0.154 e. The lowest BCUT2D eigenvalue weighted by Crippen LogP contribution is -1.99. The molecule has 0 N–H and O–H groups in total. The van der Waals surface area contributed by atoms with Crippen molar-refractivity contribution >= 4 is 7.28 Å². The molecule has 1 radical (unpaired) electrons. The maximum atomic E-state index is 2.28. The molecule has 0 heterocycles. The van der Waals surface area contributed by atoms with Gasteiger partial charge in [0.1, 0.15) is 0 Å². The summed E-state index contributed by atoms with van der Waals surface area (Å²) >= 11 is 0. The van der Waals surface area contributed by atoms with Crippen LogP contribution >= 0.6 is 0 Å². The minimum absolute atomic E-state index is 0.569. The molecule has 0 bridgehead atoms. The Bertz CT molecular complexity index is 376. The Hall–Kier alpha value is -1.24. The molecule has 0 aromatic heterocycles. The number of hydrogen-bond acceptors (Lipinski definition) is 0. The van der Waals surface area contributed by atoms with Crippen LogP contribution in [0.1, 0.15) is 41.5 Å². The molecular formula is C17H26B. The number of hydrogen-bond donors (Lipinski definition) is 0. The van der Waals surface area contributed by atoms with E-state index in [1.165, 1.54) is 16.6 Å². The van der Waals surface area contributed by atoms with Crippen molar-refractivity contribution < 1.29 is 0 Å². The van der Waals surface area contributed by atoms with Crippen LogP contribution in [0.15, 0.2) is 59.2 Å². The molecule has 0 unspecified atom stereocenters. The fourth-order valence-electron chi connectivity index (χ4n) is 1.52. The summed E-state index contributed by atoms with van der Waals surface area (Å²) in [5.74, 6) is 0.569. The average Bonchev–Trinajstić information content (AvgIpc) is 2.35. The lowest BCUT2D eigenvalue weighted by molar-refractivity contribution is 1.06. The van der Waals surface area contributed by atoms with Crippen LogP contribution in [-0.4, -0.2) is 7.28 Å². The van der Waals surface area contributed by atoms with Crippen LogP contribution in [-0.2, 0) is 0 Å². The molecule has 0 aliphatic carbocycles. The highest BCUT2D eigenvalue weighted by Gasteiger charge is 2.02. The molecule has 0 spiro atoms. The first-order valence-electron chi connectivity index (χ1n) is 6.70. The Morgan fingerprint density at radius 1 is 1.00 bits per heavy atom. The molecule has 0 aromatic rings. The SMILES string of the molecule is C/C=C\C=C/C(=C/C([B]C(C)C)=C\C)C(/C)=C\C. The highest BCUT2D eigenvalue weighted by atomic mass is 14.0. The predicted octanol–water partition coefficient (Wildman–Crippen LogP) is 5.45. The van der Waals surface area contributed by atoms with Gasteiger partial charge in [-0.05, 0) is 38.8 Å². The molecule has 0 fully saturated rings. The van der Waals surface area contributed by atoms with Crippen molar-refractivity contribution in [1.29, 1.82) is 0 Å². The maximum absolute atomic E-state index is 2.28. The molecule has 1 heteroatoms. The van der Waals surface area contributed by atoms with E-state index in [9.17, 15) is 0 Å². The Labute approximate surface area is 114 Å². The maximum Gasteiger partial charge on any atom is 0.154 e. The summed E-state index contributed by atoms with van der Waals surface area (Å²) in [6.45, 7) is 12.7. The Kier molecular flexibility index (Phi) is 9.09. The zero-order chi connectivity index (χ0) is 14.0. The standard InChI is InChI=1S/C17H26B/c1-7-10-11-12-16(15(6)8-2)13-17(9-3)18-14(4)5/h7-14H,1-6H3/b10-7-,12-11-,15-8-,16-13-,17-9+. The van der Waals surface area contributed by atoms with Gasteiger partial charge in [-0.2, -0.15) is 0 Å². The first-order chi connectivity index (χ1) is 8.54. The molecule has 0 rings (SSSR count). The third kappa shape index (κ3) is 7.16. The topological polar surface area (TPSA) is 0 Å². The molecule has 0 aliphatic rings. The van der Waals surface area contributed by atoms with Crippen LogP contribution in [0.4, 0.5) is 0 Å². The van der Waals surface area contributed by atoms with Gasteiger partial charge in [0.05, 0.1) is 0 Å². The van der Waals surface area contributed by atoms with Gasteiger partial charge in [-0.1, -0.05) is 67.7 Å². The van der Waals surface area contributed by atoms with Crippen LogP contribution < -0.4 is 0 Å². The van der Waals surface area contributed by atoms with Gasteiger partial charge in [-0.25, -0.2) is 0 Å². The van der Waals surface area contributed by atoms with Gasteiger partial charge in [-0.3, -0.25) is 0 Å². The van der Waals surface area contributed by atoms with E-state index in [4.69, 9.17) is 0 Å². The van der Waals surface area contributed by atoms with Crippen molar-refractivity contribution in [2.45, 2.75) is 47.4 Å². The van der Waals surface area contributed by atoms with Crippen LogP contribution in [0.2, 0.25) is 5.82 Å². The van der Waals surface area contributed by atoms with Crippen molar-refractivity contribution in [1.82, 2.24) is 0 Å². The smallest absolute Gasteiger partial charge is 0.0939 e. The van der Waals surface area contributed by atoms with Gasteiger partial charge in [0.25, 0.3) is 0 Å². The molecular weight excluding hydrogens is 215 g/mol. The quantitative estimate of drug-likeness (QED) is 0.428. The van der Waals surface area contributed by atoms with Crippen LogP contribution in [0.3, 0.4) is 0 Å². The molecule has 18 heavy (non-hydrogen) atoms. The molecule has 0 nitrogen and oxygen atoms in total. The third-order valence-corrected chi connectivity index (χ3v) is 2.65. The molecule has 0 aromatic carbocycles. The molecule has 0 atom stereocenters. The summed E-state index contributed by atoms with van der Waals surface area (Å²) < 4.78 is 0. The minimum atomic E-state index is 0.569. The van der Waals surface area contributed by atoms with Crippen molar-refractivity contribution in [2.24, 2.45) is 0 Å². The summed E-state index contributed by atoms with van der Waals surface area (Å²) in [6, 6.07) is 0. The van der Waals surface area contributed by atoms with E-state index in [-0.39, 0.29) is 0 Å². The van der Waals surface area contributed by atoms with Gasteiger partial charge < -0.3 is 0 Å². The lowest BCUT2D eigenvalue weighted by Gasteiger charge is -2.07. The van der Waals surface area contributed by atoms with Crippen molar-refractivity contribution in [2.75, 3.05) is 0 Å². The Morgan fingerprint density at radius 3 is 2.11 bits per heavy atom. The molecule has 0 amide bonds. The van der Waals surface area contributed by atoms with Gasteiger partial charge in [0.15, 0.2) is 7.28 Å². The summed E-state index contributed by atoms with van der Waals surface area (Å²) in [4.78, 5) is 0. The average molecular weight is 241 g/mol. The predicted molar refractivity (Wildman–Crippen MR) is 86.1 cm³/mol. The second-order valence-electron chi connectivity index (χ2n) is 4.66. The van der Waals surface area contributed by atoms with Crippen LogP contribution in [0.5, 0.6) is 0 Å². The van der Waals surface area contributed by atoms with Crippen molar-refractivity contribution in [3.05, 3.63) is 59.2 Å². The van der Waals surface area contributed by atoms with Crippen LogP contribution in [0.25, 0.3) is 0 Å². The van der Waals surface area contributed by atoms with Gasteiger partial charge in [0.2, 0.25) is 0 Å². The molecule has 0 saturated carbocycles.